The molecule has 0 fully saturated rings. The van der Waals surface area contributed by atoms with Gasteiger partial charge in [0.2, 0.25) is 0 Å². The monoisotopic (exact) mass is 264 g/mol. The van der Waals surface area contributed by atoms with Gasteiger partial charge in [-0.15, -0.1) is 18.2 Å². The number of terminal acetylenes is 1. The van der Waals surface area contributed by atoms with E-state index in [4.69, 9.17) is 6.42 Å². The minimum Gasteiger partial charge on any atom is -0.293 e. The zero-order valence-electron chi connectivity index (χ0n) is 10.6. The number of benzene rings is 2. The van der Waals surface area contributed by atoms with Crippen molar-refractivity contribution < 1.29 is 4.79 Å². The van der Waals surface area contributed by atoms with Crippen molar-refractivity contribution >= 4 is 17.5 Å². The number of carbonyl (C=O) groups is 1. The molecule has 0 saturated carbocycles. The second-order valence-corrected chi connectivity index (χ2v) is 5.58. The molecule has 0 aromatic heterocycles. The fourth-order valence-electron chi connectivity index (χ4n) is 2.38. The Hall–Kier alpha value is -1.98. The summed E-state index contributed by atoms with van der Waals surface area (Å²) in [5, 5.41) is 0. The summed E-state index contributed by atoms with van der Waals surface area (Å²) in [6.45, 7) is 2.03. The van der Waals surface area contributed by atoms with Gasteiger partial charge in [0.25, 0.3) is 0 Å². The van der Waals surface area contributed by atoms with E-state index < -0.39 is 0 Å². The third kappa shape index (κ3) is 1.97. The van der Waals surface area contributed by atoms with Gasteiger partial charge in [-0.25, -0.2) is 0 Å². The fraction of sp³-hybridized carbons (Fsp3) is 0.118. The van der Waals surface area contributed by atoms with Crippen molar-refractivity contribution in [1.29, 1.82) is 0 Å². The molecule has 0 radical (unpaired) electrons. The molecule has 0 bridgehead atoms. The first kappa shape index (κ1) is 12.1. The second-order valence-electron chi connectivity index (χ2n) is 4.57. The Balaban J connectivity index is 2.22. The maximum absolute atomic E-state index is 11.7. The minimum absolute atomic E-state index is 0.222. The Morgan fingerprint density at radius 3 is 2.74 bits per heavy atom. The number of thioether (sulfide) groups is 1. The third-order valence-corrected chi connectivity index (χ3v) is 4.41. The van der Waals surface area contributed by atoms with Gasteiger partial charge in [0.15, 0.2) is 5.78 Å². The molecule has 2 aromatic carbocycles. The largest absolute Gasteiger partial charge is 0.293 e. The predicted octanol–water partition coefficient (Wildman–Crippen LogP) is 3.93. The van der Waals surface area contributed by atoms with Crippen LogP contribution < -0.4 is 0 Å². The SMILES string of the molecule is C#Cc1ccccc1-c1cc2c(cc1C)C(=O)CS2. The van der Waals surface area contributed by atoms with E-state index in [0.717, 1.165) is 32.7 Å². The highest BCUT2D eigenvalue weighted by Crippen LogP contribution is 2.37. The van der Waals surface area contributed by atoms with Crippen LogP contribution >= 0.6 is 11.8 Å². The van der Waals surface area contributed by atoms with Crippen molar-refractivity contribution in [3.8, 4) is 23.5 Å². The number of hydrogen-bond donors (Lipinski definition) is 0. The van der Waals surface area contributed by atoms with Gasteiger partial charge < -0.3 is 0 Å². The molecular formula is C17H12OS. The van der Waals surface area contributed by atoms with E-state index in [0.29, 0.717) is 5.75 Å². The van der Waals surface area contributed by atoms with E-state index in [-0.39, 0.29) is 5.78 Å². The molecule has 0 unspecified atom stereocenters. The zero-order chi connectivity index (χ0) is 13.4. The normalized spacial score (nSPS) is 13.2. The van der Waals surface area contributed by atoms with Crippen LogP contribution in [0, 0.1) is 19.3 Å². The van der Waals surface area contributed by atoms with Crippen LogP contribution in [0.2, 0.25) is 0 Å². The first-order chi connectivity index (χ1) is 9.20. The number of aryl methyl sites for hydroxylation is 1. The molecule has 0 saturated heterocycles. The quantitative estimate of drug-likeness (QED) is 0.726. The lowest BCUT2D eigenvalue weighted by molar-refractivity contribution is 0.102. The van der Waals surface area contributed by atoms with Gasteiger partial charge in [0, 0.05) is 16.0 Å². The van der Waals surface area contributed by atoms with Crippen LogP contribution in [0.1, 0.15) is 21.5 Å². The first-order valence-corrected chi connectivity index (χ1v) is 7.06. The Bertz CT molecular complexity index is 723. The molecule has 0 atom stereocenters. The van der Waals surface area contributed by atoms with Gasteiger partial charge in [-0.3, -0.25) is 4.79 Å². The molecule has 1 aliphatic rings. The van der Waals surface area contributed by atoms with E-state index >= 15 is 0 Å². The summed E-state index contributed by atoms with van der Waals surface area (Å²) in [4.78, 5) is 12.8. The second kappa shape index (κ2) is 4.60. The van der Waals surface area contributed by atoms with Gasteiger partial charge in [-0.05, 0) is 41.8 Å². The summed E-state index contributed by atoms with van der Waals surface area (Å²) in [5.74, 6) is 3.50. The minimum atomic E-state index is 0.222. The summed E-state index contributed by atoms with van der Waals surface area (Å²) in [5.41, 5.74) is 5.02. The molecule has 1 heterocycles. The molecular weight excluding hydrogens is 252 g/mol. The van der Waals surface area contributed by atoms with Crippen molar-refractivity contribution in [3.63, 3.8) is 0 Å². The van der Waals surface area contributed by atoms with Gasteiger partial charge in [0.1, 0.15) is 0 Å². The highest BCUT2D eigenvalue weighted by molar-refractivity contribution is 8.00. The molecule has 19 heavy (non-hydrogen) atoms. The highest BCUT2D eigenvalue weighted by atomic mass is 32.2. The molecule has 2 aromatic rings. The smallest absolute Gasteiger partial charge is 0.174 e. The Kier molecular flexibility index (Phi) is 2.93. The van der Waals surface area contributed by atoms with E-state index in [9.17, 15) is 4.79 Å². The van der Waals surface area contributed by atoms with Crippen LogP contribution in [0.25, 0.3) is 11.1 Å². The molecule has 0 amide bonds. The average Bonchev–Trinajstić information content (AvgIpc) is 2.79. The van der Waals surface area contributed by atoms with E-state index in [2.05, 4.69) is 12.0 Å². The van der Waals surface area contributed by atoms with E-state index in [1.54, 1.807) is 11.8 Å². The Morgan fingerprint density at radius 2 is 1.95 bits per heavy atom. The number of Topliss-reactive ketones (excluding diaryl/α,β-unsaturated/α-hetero) is 1. The summed E-state index contributed by atoms with van der Waals surface area (Å²) in [6, 6.07) is 12.0. The zero-order valence-corrected chi connectivity index (χ0v) is 11.4. The number of hydrogen-bond acceptors (Lipinski definition) is 2. The fourth-order valence-corrected chi connectivity index (χ4v) is 3.35. The maximum Gasteiger partial charge on any atom is 0.174 e. The molecule has 0 spiro atoms. The van der Waals surface area contributed by atoms with Crippen molar-refractivity contribution in [2.75, 3.05) is 5.75 Å². The van der Waals surface area contributed by atoms with Crippen LogP contribution in [0.3, 0.4) is 0 Å². The average molecular weight is 264 g/mol. The topological polar surface area (TPSA) is 17.1 Å². The van der Waals surface area contributed by atoms with Crippen LogP contribution in [-0.4, -0.2) is 11.5 Å². The summed E-state index contributed by atoms with van der Waals surface area (Å²) < 4.78 is 0. The van der Waals surface area contributed by atoms with E-state index in [1.165, 1.54) is 0 Å². The van der Waals surface area contributed by atoms with Crippen molar-refractivity contribution in [2.45, 2.75) is 11.8 Å². The summed E-state index contributed by atoms with van der Waals surface area (Å²) in [7, 11) is 0. The molecule has 2 heteroatoms. The Morgan fingerprint density at radius 1 is 1.16 bits per heavy atom. The predicted molar refractivity (Wildman–Crippen MR) is 79.6 cm³/mol. The van der Waals surface area contributed by atoms with E-state index in [1.807, 2.05) is 37.3 Å². The maximum atomic E-state index is 11.7. The molecule has 0 aliphatic carbocycles. The summed E-state index contributed by atoms with van der Waals surface area (Å²) >= 11 is 1.61. The van der Waals surface area contributed by atoms with Crippen molar-refractivity contribution in [3.05, 3.63) is 53.1 Å². The number of ketones is 1. The molecule has 1 aliphatic heterocycles. The van der Waals surface area contributed by atoms with Crippen LogP contribution in [0.15, 0.2) is 41.3 Å². The molecule has 92 valence electrons. The van der Waals surface area contributed by atoms with Crippen LogP contribution in [0.5, 0.6) is 0 Å². The standard InChI is InChI=1S/C17H12OS/c1-3-12-6-4-5-7-13(12)14-9-17-15(8-11(14)2)16(18)10-19-17/h1,4-9H,10H2,2H3. The third-order valence-electron chi connectivity index (χ3n) is 3.36. The highest BCUT2D eigenvalue weighted by Gasteiger charge is 2.22. The number of fused-ring (bicyclic) bond motifs is 1. The lowest BCUT2D eigenvalue weighted by atomic mass is 9.94. The lowest BCUT2D eigenvalue weighted by Gasteiger charge is -2.10. The molecule has 3 rings (SSSR count). The van der Waals surface area contributed by atoms with Crippen molar-refractivity contribution in [2.24, 2.45) is 0 Å². The van der Waals surface area contributed by atoms with Crippen molar-refractivity contribution in [1.82, 2.24) is 0 Å². The number of rotatable bonds is 1. The summed E-state index contributed by atoms with van der Waals surface area (Å²) in [6.07, 6.45) is 5.56. The van der Waals surface area contributed by atoms with Gasteiger partial charge in [-0.2, -0.15) is 0 Å². The Labute approximate surface area is 117 Å². The van der Waals surface area contributed by atoms with Crippen LogP contribution in [0.4, 0.5) is 0 Å². The molecule has 1 nitrogen and oxygen atoms in total. The first-order valence-electron chi connectivity index (χ1n) is 6.07. The number of carbonyl (C=O) groups excluding carboxylic acids is 1. The molecule has 0 N–H and O–H groups in total. The van der Waals surface area contributed by atoms with Gasteiger partial charge in [-0.1, -0.05) is 24.1 Å². The van der Waals surface area contributed by atoms with Gasteiger partial charge in [0.05, 0.1) is 5.75 Å². The lowest BCUT2D eigenvalue weighted by Crippen LogP contribution is -1.96. The van der Waals surface area contributed by atoms with Gasteiger partial charge >= 0.3 is 0 Å². The van der Waals surface area contributed by atoms with Crippen LogP contribution in [-0.2, 0) is 0 Å².